The number of nitrogens with zero attached hydrogens (tertiary/aromatic N) is 3. The molecule has 2 aliphatic heterocycles. The van der Waals surface area contributed by atoms with Crippen LogP contribution in [0.15, 0.2) is 24.3 Å². The van der Waals surface area contributed by atoms with Crippen molar-refractivity contribution in [1.82, 2.24) is 14.7 Å². The van der Waals surface area contributed by atoms with Crippen LogP contribution in [0.2, 0.25) is 5.02 Å². The highest BCUT2D eigenvalue weighted by atomic mass is 35.5. The highest BCUT2D eigenvalue weighted by Crippen LogP contribution is 2.23. The molecule has 2 amide bonds. The Labute approximate surface area is 179 Å². The van der Waals surface area contributed by atoms with E-state index in [0.717, 1.165) is 39.3 Å². The summed E-state index contributed by atoms with van der Waals surface area (Å²) in [6.07, 6.45) is 1.20. The first kappa shape index (κ1) is 22.1. The summed E-state index contributed by atoms with van der Waals surface area (Å²) in [6, 6.07) is 7.14. The van der Waals surface area contributed by atoms with Crippen LogP contribution in [0, 0.1) is 11.8 Å². The molecule has 3 rings (SSSR count). The van der Waals surface area contributed by atoms with Crippen LogP contribution in [0.3, 0.4) is 0 Å². The molecular formula is C22H33ClN4O2. The Bertz CT molecular complexity index is 711. The number of benzene rings is 1. The van der Waals surface area contributed by atoms with Gasteiger partial charge in [0.1, 0.15) is 0 Å². The quantitative estimate of drug-likeness (QED) is 0.795. The van der Waals surface area contributed by atoms with Crippen molar-refractivity contribution in [1.29, 1.82) is 0 Å². The Morgan fingerprint density at radius 1 is 1.10 bits per heavy atom. The number of amides is 2. The number of carbonyl (C=O) groups is 2. The standard InChI is InChI=1S/C22H33ClN4O2/c1-16-12-17(2)14-27(13-16)22(29)18(3)26-10-8-25(9-11-26)15-21(28)24-20-7-5-4-6-19(20)23/h4-7,16-18H,8-15H2,1-3H3,(H,24,28)/t16-,17-,18+/m0/s1. The van der Waals surface area contributed by atoms with Crippen LogP contribution in [0.25, 0.3) is 0 Å². The summed E-state index contributed by atoms with van der Waals surface area (Å²) < 4.78 is 0. The second-order valence-corrected chi connectivity index (χ2v) is 9.11. The number of hydrogen-bond donors (Lipinski definition) is 1. The molecule has 0 saturated carbocycles. The van der Waals surface area contributed by atoms with Gasteiger partial charge in [-0.1, -0.05) is 37.6 Å². The molecule has 2 aliphatic rings. The molecule has 2 heterocycles. The van der Waals surface area contributed by atoms with Crippen LogP contribution in [-0.2, 0) is 9.59 Å². The molecule has 7 heteroatoms. The Morgan fingerprint density at radius 2 is 1.72 bits per heavy atom. The molecular weight excluding hydrogens is 388 g/mol. The minimum absolute atomic E-state index is 0.0630. The maximum atomic E-state index is 13.0. The van der Waals surface area contributed by atoms with Crippen LogP contribution in [-0.4, -0.2) is 78.4 Å². The second kappa shape index (κ2) is 9.92. The van der Waals surface area contributed by atoms with Gasteiger partial charge in [0.2, 0.25) is 11.8 Å². The predicted molar refractivity (Wildman–Crippen MR) is 117 cm³/mol. The number of piperazine rings is 1. The maximum Gasteiger partial charge on any atom is 0.239 e. The predicted octanol–water partition coefficient (Wildman–Crippen LogP) is 2.79. The van der Waals surface area contributed by atoms with Gasteiger partial charge in [0.05, 0.1) is 23.3 Å². The minimum Gasteiger partial charge on any atom is -0.341 e. The number of para-hydroxylation sites is 1. The summed E-state index contributed by atoms with van der Waals surface area (Å²) in [4.78, 5) is 31.7. The number of carbonyl (C=O) groups excluding carboxylic acids is 2. The van der Waals surface area contributed by atoms with Crippen molar-refractivity contribution < 1.29 is 9.59 Å². The van der Waals surface area contributed by atoms with Gasteiger partial charge in [0.15, 0.2) is 0 Å². The fraction of sp³-hybridized carbons (Fsp3) is 0.636. The number of rotatable bonds is 5. The van der Waals surface area contributed by atoms with Gasteiger partial charge in [-0.15, -0.1) is 0 Å². The molecule has 2 saturated heterocycles. The highest BCUT2D eigenvalue weighted by molar-refractivity contribution is 6.33. The third-order valence-corrected chi connectivity index (χ3v) is 6.34. The van der Waals surface area contributed by atoms with Crippen LogP contribution in [0.5, 0.6) is 0 Å². The molecule has 3 atom stereocenters. The van der Waals surface area contributed by atoms with Gasteiger partial charge in [-0.05, 0) is 37.3 Å². The van der Waals surface area contributed by atoms with Gasteiger partial charge >= 0.3 is 0 Å². The zero-order chi connectivity index (χ0) is 21.0. The summed E-state index contributed by atoms with van der Waals surface area (Å²) in [7, 11) is 0. The molecule has 0 aromatic heterocycles. The number of piperidine rings is 1. The van der Waals surface area contributed by atoms with Gasteiger partial charge in [-0.3, -0.25) is 19.4 Å². The topological polar surface area (TPSA) is 55.9 Å². The molecule has 2 fully saturated rings. The lowest BCUT2D eigenvalue weighted by Gasteiger charge is -2.41. The second-order valence-electron chi connectivity index (χ2n) is 8.71. The highest BCUT2D eigenvalue weighted by Gasteiger charge is 2.32. The van der Waals surface area contributed by atoms with Gasteiger partial charge < -0.3 is 10.2 Å². The molecule has 0 unspecified atom stereocenters. The molecule has 1 N–H and O–H groups in total. The van der Waals surface area contributed by atoms with Gasteiger partial charge in [0.25, 0.3) is 0 Å². The Balaban J connectivity index is 1.45. The number of nitrogens with one attached hydrogen (secondary N) is 1. The number of hydrogen-bond acceptors (Lipinski definition) is 4. The van der Waals surface area contributed by atoms with Crippen LogP contribution in [0.1, 0.15) is 27.2 Å². The van der Waals surface area contributed by atoms with E-state index in [9.17, 15) is 9.59 Å². The van der Waals surface area contributed by atoms with Crippen molar-refractivity contribution in [3.8, 4) is 0 Å². The first-order chi connectivity index (χ1) is 13.8. The number of anilines is 1. The largest absolute Gasteiger partial charge is 0.341 e. The van der Waals surface area contributed by atoms with E-state index in [2.05, 4.69) is 29.0 Å². The minimum atomic E-state index is -0.105. The lowest BCUT2D eigenvalue weighted by Crippen LogP contribution is -2.56. The van der Waals surface area contributed by atoms with E-state index >= 15 is 0 Å². The van der Waals surface area contributed by atoms with Gasteiger partial charge in [-0.25, -0.2) is 0 Å². The maximum absolute atomic E-state index is 13.0. The first-order valence-electron chi connectivity index (χ1n) is 10.6. The first-order valence-corrected chi connectivity index (χ1v) is 11.0. The fourth-order valence-corrected chi connectivity index (χ4v) is 4.71. The van der Waals surface area contributed by atoms with Crippen LogP contribution < -0.4 is 5.32 Å². The monoisotopic (exact) mass is 420 g/mol. The smallest absolute Gasteiger partial charge is 0.239 e. The van der Waals surface area contributed by atoms with Crippen molar-refractivity contribution >= 4 is 29.1 Å². The third kappa shape index (κ3) is 5.93. The van der Waals surface area contributed by atoms with E-state index in [1.54, 1.807) is 12.1 Å². The zero-order valence-electron chi connectivity index (χ0n) is 17.7. The van der Waals surface area contributed by atoms with Crippen LogP contribution >= 0.6 is 11.6 Å². The lowest BCUT2D eigenvalue weighted by atomic mass is 9.91. The van der Waals surface area contributed by atoms with E-state index in [1.165, 1.54) is 6.42 Å². The van der Waals surface area contributed by atoms with E-state index in [0.29, 0.717) is 29.1 Å². The fourth-order valence-electron chi connectivity index (χ4n) is 4.53. The molecule has 0 spiro atoms. The summed E-state index contributed by atoms with van der Waals surface area (Å²) in [5.74, 6) is 1.33. The molecule has 160 valence electrons. The summed E-state index contributed by atoms with van der Waals surface area (Å²) in [5.41, 5.74) is 0.641. The molecule has 1 aromatic rings. The normalized spacial score (nSPS) is 24.9. The van der Waals surface area contributed by atoms with Gasteiger partial charge in [-0.2, -0.15) is 0 Å². The Morgan fingerprint density at radius 3 is 2.34 bits per heavy atom. The molecule has 0 radical (unpaired) electrons. The van der Waals surface area contributed by atoms with E-state index in [4.69, 9.17) is 11.6 Å². The van der Waals surface area contributed by atoms with E-state index in [1.807, 2.05) is 24.0 Å². The van der Waals surface area contributed by atoms with Gasteiger partial charge in [0, 0.05) is 39.3 Å². The third-order valence-electron chi connectivity index (χ3n) is 6.01. The molecule has 6 nitrogen and oxygen atoms in total. The lowest BCUT2D eigenvalue weighted by molar-refractivity contribution is -0.140. The average Bonchev–Trinajstić information content (AvgIpc) is 2.68. The van der Waals surface area contributed by atoms with Crippen molar-refractivity contribution in [3.63, 3.8) is 0 Å². The average molecular weight is 421 g/mol. The zero-order valence-corrected chi connectivity index (χ0v) is 18.5. The molecule has 0 aliphatic carbocycles. The van der Waals surface area contributed by atoms with E-state index < -0.39 is 0 Å². The summed E-state index contributed by atoms with van der Waals surface area (Å²) in [5, 5.41) is 3.42. The summed E-state index contributed by atoms with van der Waals surface area (Å²) in [6.45, 7) is 11.7. The number of halogens is 1. The SMILES string of the molecule is C[C@H]1C[C@H](C)CN(C(=O)[C@@H](C)N2CCN(CC(=O)Nc3ccccc3Cl)CC2)C1. The van der Waals surface area contributed by atoms with E-state index in [-0.39, 0.29) is 17.9 Å². The van der Waals surface area contributed by atoms with Crippen molar-refractivity contribution in [2.45, 2.75) is 33.2 Å². The van der Waals surface area contributed by atoms with Crippen molar-refractivity contribution in [3.05, 3.63) is 29.3 Å². The van der Waals surface area contributed by atoms with Crippen LogP contribution in [0.4, 0.5) is 5.69 Å². The Hall–Kier alpha value is -1.63. The van der Waals surface area contributed by atoms with Crippen molar-refractivity contribution in [2.75, 3.05) is 51.1 Å². The summed E-state index contributed by atoms with van der Waals surface area (Å²) >= 11 is 6.11. The molecule has 1 aromatic carbocycles. The van der Waals surface area contributed by atoms with Crippen molar-refractivity contribution in [2.24, 2.45) is 11.8 Å². The molecule has 0 bridgehead atoms. The number of likely N-dealkylation sites (tertiary alicyclic amines) is 1. The Kier molecular flexibility index (Phi) is 7.55. The molecule has 29 heavy (non-hydrogen) atoms.